The summed E-state index contributed by atoms with van der Waals surface area (Å²) in [4.78, 5) is 5.79. The van der Waals surface area contributed by atoms with Gasteiger partial charge in [-0.1, -0.05) is 116 Å². The van der Waals surface area contributed by atoms with Crippen molar-refractivity contribution in [1.29, 1.82) is 0 Å². The zero-order valence-corrected chi connectivity index (χ0v) is 26.1. The second-order valence-corrected chi connectivity index (χ2v) is 17.1. The molecule has 0 aliphatic heterocycles. The monoisotopic (exact) mass is 473 g/mol. The summed E-state index contributed by atoms with van der Waals surface area (Å²) in [7, 11) is 0. The van der Waals surface area contributed by atoms with E-state index in [1.807, 2.05) is 0 Å². The van der Waals surface area contributed by atoms with Crippen LogP contribution in [0.2, 0.25) is 0 Å². The third kappa shape index (κ3) is 2.72. The van der Waals surface area contributed by atoms with Crippen molar-refractivity contribution in [3.63, 3.8) is 0 Å². The molecular formula is C32H59NO. The Bertz CT molecular complexity index is 896. The van der Waals surface area contributed by atoms with Gasteiger partial charge in [-0.05, 0) is 80.0 Å². The zero-order chi connectivity index (χ0) is 26.9. The lowest BCUT2D eigenvalue weighted by atomic mass is 9.24. The molecular weight excluding hydrogens is 414 g/mol. The van der Waals surface area contributed by atoms with Crippen LogP contribution in [0.4, 0.5) is 0 Å². The molecule has 0 spiro atoms. The van der Waals surface area contributed by atoms with Crippen LogP contribution < -0.4 is 5.90 Å². The number of allylic oxidation sites excluding steroid dienone is 1. The molecule has 0 heterocycles. The number of nitrogens with two attached hydrogens (primary N) is 1. The maximum Gasteiger partial charge on any atom is 0.100 e. The summed E-state index contributed by atoms with van der Waals surface area (Å²) in [6.07, 6.45) is 2.18. The summed E-state index contributed by atoms with van der Waals surface area (Å²) in [5, 5.41) is 0. The van der Waals surface area contributed by atoms with Crippen molar-refractivity contribution < 1.29 is 4.84 Å². The largest absolute Gasteiger partial charge is 0.297 e. The highest BCUT2D eigenvalue weighted by molar-refractivity contribution is 5.41. The molecule has 0 saturated heterocycles. The molecule has 198 valence electrons. The first-order chi connectivity index (χ1) is 14.8. The average Bonchev–Trinajstić information content (AvgIpc) is 2.60. The van der Waals surface area contributed by atoms with E-state index in [0.717, 1.165) is 6.42 Å². The summed E-state index contributed by atoms with van der Waals surface area (Å²) in [5.41, 5.74) is 3.69. The molecule has 2 heteroatoms. The molecule has 3 aliphatic rings. The molecule has 0 amide bonds. The van der Waals surface area contributed by atoms with Gasteiger partial charge in [-0.25, -0.2) is 5.90 Å². The number of hydrogen-bond donors (Lipinski definition) is 1. The average molecular weight is 474 g/mol. The van der Waals surface area contributed by atoms with Gasteiger partial charge in [-0.2, -0.15) is 0 Å². The Morgan fingerprint density at radius 3 is 1.59 bits per heavy atom. The van der Waals surface area contributed by atoms with Crippen molar-refractivity contribution in [2.45, 2.75) is 137 Å². The van der Waals surface area contributed by atoms with Crippen LogP contribution in [0.1, 0.15) is 131 Å². The molecule has 4 unspecified atom stereocenters. The van der Waals surface area contributed by atoms with E-state index >= 15 is 0 Å². The van der Waals surface area contributed by atoms with Gasteiger partial charge in [0, 0.05) is 0 Å². The van der Waals surface area contributed by atoms with Gasteiger partial charge in [0.25, 0.3) is 0 Å². The van der Waals surface area contributed by atoms with Crippen LogP contribution in [0.5, 0.6) is 0 Å². The van der Waals surface area contributed by atoms with E-state index in [2.05, 4.69) is 118 Å². The minimum atomic E-state index is -0.0304. The first-order valence-electron chi connectivity index (χ1n) is 13.8. The van der Waals surface area contributed by atoms with E-state index < -0.39 is 0 Å². The first-order valence-corrected chi connectivity index (χ1v) is 13.8. The molecule has 2 N–H and O–H groups in total. The molecule has 2 saturated carbocycles. The third-order valence-electron chi connectivity index (χ3n) is 14.6. The smallest absolute Gasteiger partial charge is 0.100 e. The van der Waals surface area contributed by atoms with Gasteiger partial charge in [0.05, 0.1) is 0 Å². The van der Waals surface area contributed by atoms with Crippen LogP contribution >= 0.6 is 0 Å². The predicted octanol–water partition coefficient (Wildman–Crippen LogP) is 9.20. The Morgan fingerprint density at radius 2 is 1.15 bits per heavy atom. The van der Waals surface area contributed by atoms with E-state index in [1.165, 1.54) is 12.0 Å². The van der Waals surface area contributed by atoms with Crippen LogP contribution in [0.25, 0.3) is 0 Å². The van der Waals surface area contributed by atoms with E-state index in [1.54, 1.807) is 5.57 Å². The Morgan fingerprint density at radius 1 is 0.676 bits per heavy atom. The normalized spacial score (nSPS) is 42.9. The van der Waals surface area contributed by atoms with Gasteiger partial charge >= 0.3 is 0 Å². The molecule has 2 fully saturated rings. The van der Waals surface area contributed by atoms with Crippen molar-refractivity contribution in [3.8, 4) is 0 Å². The van der Waals surface area contributed by atoms with Gasteiger partial charge in [-0.3, -0.25) is 4.84 Å². The first kappa shape index (κ1) is 28.2. The van der Waals surface area contributed by atoms with Gasteiger partial charge in [0.2, 0.25) is 0 Å². The highest BCUT2D eigenvalue weighted by atomic mass is 16.6. The number of rotatable bonds is 1. The SMILES string of the molecule is CC1=C2C(C)(C)C(C)(C)C3(C)C(C(C)(C)C(C)(C)CC3(C)C)C(C)(C)C(C)(CC1ON)C2(C)C. The maximum absolute atomic E-state index is 6.04. The highest BCUT2D eigenvalue weighted by Gasteiger charge is 2.77. The Hall–Kier alpha value is -0.340. The third-order valence-corrected chi connectivity index (χ3v) is 14.6. The fourth-order valence-electron chi connectivity index (χ4n) is 11.3. The second-order valence-electron chi connectivity index (χ2n) is 17.1. The molecule has 34 heavy (non-hydrogen) atoms. The number of fused-ring (bicyclic) bond motifs is 3. The molecule has 0 aromatic rings. The predicted molar refractivity (Wildman–Crippen MR) is 147 cm³/mol. The van der Waals surface area contributed by atoms with Crippen molar-refractivity contribution >= 4 is 0 Å². The zero-order valence-electron chi connectivity index (χ0n) is 26.1. The standard InChI is InChI=1S/C32H59NO/c1-20-21(34-33)18-31(16)27(8,9)22(20)26(6,7)30(14,15)32(17)23(29(31,12)13)28(10,11)24(2,3)19-25(32,4)5/h21,23H,18-19,33H2,1-17H3. The molecule has 0 aromatic heterocycles. The van der Waals surface area contributed by atoms with Crippen LogP contribution in [-0.2, 0) is 4.84 Å². The topological polar surface area (TPSA) is 35.2 Å². The molecule has 0 aromatic carbocycles. The lowest BCUT2D eigenvalue weighted by Gasteiger charge is -2.80. The molecule has 0 radical (unpaired) electrons. The highest BCUT2D eigenvalue weighted by Crippen LogP contribution is 2.83. The van der Waals surface area contributed by atoms with E-state index in [-0.39, 0.29) is 54.8 Å². The van der Waals surface area contributed by atoms with E-state index in [9.17, 15) is 0 Å². The van der Waals surface area contributed by atoms with E-state index in [4.69, 9.17) is 10.7 Å². The summed E-state index contributed by atoms with van der Waals surface area (Å²) in [6.45, 7) is 43.6. The van der Waals surface area contributed by atoms with E-state index in [0.29, 0.717) is 5.92 Å². The quantitative estimate of drug-likeness (QED) is 0.304. The van der Waals surface area contributed by atoms with Crippen molar-refractivity contribution in [3.05, 3.63) is 11.1 Å². The summed E-state index contributed by atoms with van der Waals surface area (Å²) in [5.74, 6) is 6.55. The molecule has 4 atom stereocenters. The van der Waals surface area contributed by atoms with Crippen LogP contribution in [0.15, 0.2) is 11.1 Å². The molecule has 3 aliphatic carbocycles. The Kier molecular flexibility index (Phi) is 5.77. The van der Waals surface area contributed by atoms with Gasteiger partial charge in [0.1, 0.15) is 6.10 Å². The van der Waals surface area contributed by atoms with Crippen LogP contribution in [-0.4, -0.2) is 6.10 Å². The lowest BCUT2D eigenvalue weighted by Crippen LogP contribution is -2.74. The molecule has 3 rings (SSSR count). The summed E-state index contributed by atoms with van der Waals surface area (Å²) < 4.78 is 0. The minimum Gasteiger partial charge on any atom is -0.297 e. The Balaban J connectivity index is 2.63. The molecule has 2 bridgehead atoms. The van der Waals surface area contributed by atoms with Gasteiger partial charge in [-0.15, -0.1) is 0 Å². The van der Waals surface area contributed by atoms with Crippen molar-refractivity contribution in [1.82, 2.24) is 0 Å². The fourth-order valence-corrected chi connectivity index (χ4v) is 11.3. The minimum absolute atomic E-state index is 0.0132. The molecule has 2 nitrogen and oxygen atoms in total. The van der Waals surface area contributed by atoms with Gasteiger partial charge < -0.3 is 0 Å². The summed E-state index contributed by atoms with van der Waals surface area (Å²) >= 11 is 0. The van der Waals surface area contributed by atoms with Crippen molar-refractivity contribution in [2.24, 2.45) is 60.5 Å². The van der Waals surface area contributed by atoms with Crippen molar-refractivity contribution in [2.75, 3.05) is 0 Å². The fraction of sp³-hybridized carbons (Fsp3) is 0.938. The summed E-state index contributed by atoms with van der Waals surface area (Å²) in [6, 6.07) is 0. The second kappa shape index (κ2) is 6.94. The van der Waals surface area contributed by atoms with Crippen LogP contribution in [0, 0.1) is 54.7 Å². The maximum atomic E-state index is 6.04. The lowest BCUT2D eigenvalue weighted by molar-refractivity contribution is -0.304. The van der Waals surface area contributed by atoms with Gasteiger partial charge in [0.15, 0.2) is 0 Å². The number of hydrogen-bond acceptors (Lipinski definition) is 2. The Labute approximate surface area is 213 Å². The van der Waals surface area contributed by atoms with Crippen LogP contribution in [0.3, 0.4) is 0 Å².